The molecule has 2 aromatic carbocycles. The second kappa shape index (κ2) is 8.44. The van der Waals surface area contributed by atoms with Crippen LogP contribution in [0, 0.1) is 19.8 Å². The third-order valence-corrected chi connectivity index (χ3v) is 6.89. The monoisotopic (exact) mass is 418 g/mol. The number of benzene rings is 2. The first-order valence-electron chi connectivity index (χ1n) is 10.3. The van der Waals surface area contributed by atoms with Crippen molar-refractivity contribution in [3.63, 3.8) is 0 Å². The molecule has 1 aliphatic rings. The molecule has 0 radical (unpaired) electrons. The van der Waals surface area contributed by atoms with E-state index < -0.39 is 0 Å². The van der Waals surface area contributed by atoms with E-state index in [0.717, 1.165) is 41.6 Å². The van der Waals surface area contributed by atoms with Crippen molar-refractivity contribution in [3.8, 4) is 0 Å². The Morgan fingerprint density at radius 2 is 1.63 bits per heavy atom. The summed E-state index contributed by atoms with van der Waals surface area (Å²) in [4.78, 5) is 27.4. The Balaban J connectivity index is 1.70. The van der Waals surface area contributed by atoms with E-state index in [1.807, 2.05) is 50.2 Å². The fourth-order valence-corrected chi connectivity index (χ4v) is 5.43. The van der Waals surface area contributed by atoms with Crippen LogP contribution >= 0.6 is 11.3 Å². The van der Waals surface area contributed by atoms with Gasteiger partial charge in [0.1, 0.15) is 5.00 Å². The van der Waals surface area contributed by atoms with Gasteiger partial charge in [0.2, 0.25) is 0 Å². The van der Waals surface area contributed by atoms with E-state index in [2.05, 4.69) is 17.6 Å². The Morgan fingerprint density at radius 1 is 0.933 bits per heavy atom. The highest BCUT2D eigenvalue weighted by molar-refractivity contribution is 7.17. The average Bonchev–Trinajstić information content (AvgIpc) is 3.08. The van der Waals surface area contributed by atoms with Crippen molar-refractivity contribution in [1.82, 2.24) is 0 Å². The first-order valence-corrected chi connectivity index (χ1v) is 11.1. The minimum Gasteiger partial charge on any atom is -0.321 e. The van der Waals surface area contributed by atoms with Crippen molar-refractivity contribution < 1.29 is 9.59 Å². The number of nitrogens with one attached hydrogen (secondary N) is 2. The van der Waals surface area contributed by atoms with Crippen LogP contribution in [0.15, 0.2) is 48.5 Å². The molecule has 0 spiro atoms. The topological polar surface area (TPSA) is 58.2 Å². The number of hydrogen-bond donors (Lipinski definition) is 2. The molecule has 3 aromatic rings. The molecular weight excluding hydrogens is 392 g/mol. The molecule has 0 saturated carbocycles. The third-order valence-electron chi connectivity index (χ3n) is 5.72. The Bertz CT molecular complexity index is 1080. The van der Waals surface area contributed by atoms with Crippen molar-refractivity contribution in [1.29, 1.82) is 0 Å². The normalized spacial score (nSPS) is 15.4. The van der Waals surface area contributed by atoms with Crippen LogP contribution in [0.1, 0.15) is 55.6 Å². The molecular formula is C25H26N2O2S. The number of hydrogen-bond acceptors (Lipinski definition) is 3. The molecule has 154 valence electrons. The lowest BCUT2D eigenvalue weighted by atomic mass is 9.88. The summed E-state index contributed by atoms with van der Waals surface area (Å²) < 4.78 is 0. The second-order valence-electron chi connectivity index (χ2n) is 8.10. The zero-order chi connectivity index (χ0) is 21.3. The van der Waals surface area contributed by atoms with Gasteiger partial charge in [-0.2, -0.15) is 0 Å². The van der Waals surface area contributed by atoms with Gasteiger partial charge in [-0.05, 0) is 67.9 Å². The lowest BCUT2D eigenvalue weighted by molar-refractivity contribution is 0.102. The number of fused-ring (bicyclic) bond motifs is 1. The predicted molar refractivity (Wildman–Crippen MR) is 124 cm³/mol. The molecule has 1 unspecified atom stereocenters. The summed E-state index contributed by atoms with van der Waals surface area (Å²) in [5, 5.41) is 6.77. The molecule has 0 bridgehead atoms. The molecule has 0 aliphatic heterocycles. The second-order valence-corrected chi connectivity index (χ2v) is 9.20. The maximum atomic E-state index is 13.4. The van der Waals surface area contributed by atoms with Crippen molar-refractivity contribution in [2.24, 2.45) is 5.92 Å². The highest BCUT2D eigenvalue weighted by Crippen LogP contribution is 2.40. The quantitative estimate of drug-likeness (QED) is 0.546. The third kappa shape index (κ3) is 4.03. The van der Waals surface area contributed by atoms with Gasteiger partial charge in [0, 0.05) is 16.1 Å². The summed E-state index contributed by atoms with van der Waals surface area (Å²) in [5.41, 5.74) is 5.18. The molecule has 2 amide bonds. The molecule has 5 heteroatoms. The SMILES string of the molecule is Cc1cccc(C)c1NC(=O)c1c(NC(=O)c2ccccc2)sc2c1CCC(C)C2. The molecule has 0 saturated heterocycles. The van der Waals surface area contributed by atoms with Crippen LogP contribution < -0.4 is 10.6 Å². The summed E-state index contributed by atoms with van der Waals surface area (Å²) in [6.45, 7) is 6.22. The van der Waals surface area contributed by atoms with Gasteiger partial charge >= 0.3 is 0 Å². The fourth-order valence-electron chi connectivity index (χ4n) is 4.03. The molecule has 1 atom stereocenters. The Hall–Kier alpha value is -2.92. The molecule has 1 aliphatic carbocycles. The van der Waals surface area contributed by atoms with E-state index in [1.165, 1.54) is 4.88 Å². The number of carbonyl (C=O) groups is 2. The predicted octanol–water partition coefficient (Wildman–Crippen LogP) is 5.99. The molecule has 30 heavy (non-hydrogen) atoms. The first kappa shape index (κ1) is 20.4. The van der Waals surface area contributed by atoms with E-state index >= 15 is 0 Å². The van der Waals surface area contributed by atoms with Gasteiger partial charge in [-0.3, -0.25) is 9.59 Å². The largest absolute Gasteiger partial charge is 0.321 e. The summed E-state index contributed by atoms with van der Waals surface area (Å²) >= 11 is 1.54. The highest BCUT2D eigenvalue weighted by Gasteiger charge is 2.29. The zero-order valence-corrected chi connectivity index (χ0v) is 18.4. The lowest BCUT2D eigenvalue weighted by Crippen LogP contribution is -2.20. The van der Waals surface area contributed by atoms with Crippen LogP contribution in [0.25, 0.3) is 0 Å². The Labute approximate surface area is 181 Å². The number of rotatable bonds is 4. The Morgan fingerprint density at radius 3 is 2.33 bits per heavy atom. The minimum atomic E-state index is -0.191. The van der Waals surface area contributed by atoms with Gasteiger partial charge in [-0.1, -0.05) is 43.3 Å². The molecule has 4 nitrogen and oxygen atoms in total. The van der Waals surface area contributed by atoms with Crippen LogP contribution in [-0.2, 0) is 12.8 Å². The maximum absolute atomic E-state index is 13.4. The molecule has 1 heterocycles. The maximum Gasteiger partial charge on any atom is 0.258 e. The first-order chi connectivity index (χ1) is 14.4. The van der Waals surface area contributed by atoms with Crippen molar-refractivity contribution in [3.05, 3.63) is 81.2 Å². The van der Waals surface area contributed by atoms with E-state index in [4.69, 9.17) is 0 Å². The van der Waals surface area contributed by atoms with Crippen LogP contribution in [0.5, 0.6) is 0 Å². The van der Waals surface area contributed by atoms with E-state index in [-0.39, 0.29) is 11.8 Å². The average molecular weight is 419 g/mol. The number of aryl methyl sites for hydroxylation is 2. The van der Waals surface area contributed by atoms with Gasteiger partial charge in [-0.15, -0.1) is 11.3 Å². The van der Waals surface area contributed by atoms with Crippen molar-refractivity contribution >= 4 is 33.8 Å². The van der Waals surface area contributed by atoms with E-state index in [0.29, 0.717) is 22.0 Å². The van der Waals surface area contributed by atoms with Gasteiger partial charge in [0.25, 0.3) is 11.8 Å². The standard InChI is InChI=1S/C25H26N2O2S/c1-15-12-13-19-20(14-15)30-25(27-23(28)18-10-5-4-6-11-18)21(19)24(29)26-22-16(2)8-7-9-17(22)3/h4-11,15H,12-14H2,1-3H3,(H,26,29)(H,27,28). The van der Waals surface area contributed by atoms with E-state index in [1.54, 1.807) is 23.5 Å². The lowest BCUT2D eigenvalue weighted by Gasteiger charge is -2.19. The smallest absolute Gasteiger partial charge is 0.258 e. The minimum absolute atomic E-state index is 0.150. The number of amides is 2. The van der Waals surface area contributed by atoms with Crippen molar-refractivity contribution in [2.45, 2.75) is 40.0 Å². The van der Waals surface area contributed by atoms with Crippen LogP contribution in [0.3, 0.4) is 0 Å². The van der Waals surface area contributed by atoms with Crippen LogP contribution in [0.4, 0.5) is 10.7 Å². The Kier molecular flexibility index (Phi) is 5.73. The van der Waals surface area contributed by atoms with E-state index in [9.17, 15) is 9.59 Å². The van der Waals surface area contributed by atoms with Crippen molar-refractivity contribution in [2.75, 3.05) is 10.6 Å². The van der Waals surface area contributed by atoms with Gasteiger partial charge in [-0.25, -0.2) is 0 Å². The molecule has 4 rings (SSSR count). The summed E-state index contributed by atoms with van der Waals surface area (Å²) in [6.07, 6.45) is 2.87. The number of carbonyl (C=O) groups excluding carboxylic acids is 2. The summed E-state index contributed by atoms with van der Waals surface area (Å²) in [7, 11) is 0. The van der Waals surface area contributed by atoms with Gasteiger partial charge in [0.15, 0.2) is 0 Å². The van der Waals surface area contributed by atoms with Gasteiger partial charge < -0.3 is 10.6 Å². The number of thiophene rings is 1. The fraction of sp³-hybridized carbons (Fsp3) is 0.280. The van der Waals surface area contributed by atoms with Crippen LogP contribution in [0.2, 0.25) is 0 Å². The van der Waals surface area contributed by atoms with Crippen LogP contribution in [-0.4, -0.2) is 11.8 Å². The zero-order valence-electron chi connectivity index (χ0n) is 17.5. The number of para-hydroxylation sites is 1. The molecule has 0 fully saturated rings. The summed E-state index contributed by atoms with van der Waals surface area (Å²) in [5.74, 6) is 0.245. The molecule has 2 N–H and O–H groups in total. The summed E-state index contributed by atoms with van der Waals surface area (Å²) in [6, 6.07) is 15.1. The molecule has 1 aromatic heterocycles. The highest BCUT2D eigenvalue weighted by atomic mass is 32.1. The van der Waals surface area contributed by atoms with Gasteiger partial charge in [0.05, 0.1) is 5.56 Å². The number of anilines is 2.